The molecule has 1 N–H and O–H groups in total. The highest BCUT2D eigenvalue weighted by atomic mass is 19.4. The minimum atomic E-state index is -4.80. The Bertz CT molecular complexity index is 1830. The van der Waals surface area contributed by atoms with Gasteiger partial charge in [-0.1, -0.05) is 26.0 Å². The third kappa shape index (κ3) is 8.72. The van der Waals surface area contributed by atoms with Crippen molar-refractivity contribution in [1.29, 1.82) is 0 Å². The Hall–Kier alpha value is -4.87. The lowest BCUT2D eigenvalue weighted by Crippen LogP contribution is -2.45. The van der Waals surface area contributed by atoms with Crippen LogP contribution < -0.4 is 19.5 Å². The summed E-state index contributed by atoms with van der Waals surface area (Å²) in [7, 11) is 0. The Labute approximate surface area is 294 Å². The second-order valence-corrected chi connectivity index (χ2v) is 12.9. The Balaban J connectivity index is 1.01. The molecule has 1 saturated heterocycles. The lowest BCUT2D eigenvalue weighted by Gasteiger charge is -2.40. The van der Waals surface area contributed by atoms with Crippen LogP contribution in [0.2, 0.25) is 0 Å². The third-order valence-electron chi connectivity index (χ3n) is 9.36. The molecule has 2 aliphatic rings. The van der Waals surface area contributed by atoms with E-state index in [0.717, 1.165) is 79.9 Å². The normalized spacial score (nSPS) is 15.7. The molecule has 8 nitrogen and oxygen atoms in total. The van der Waals surface area contributed by atoms with E-state index in [1.54, 1.807) is 36.4 Å². The number of hydrogen-bond donors (Lipinski definition) is 1. The number of alkyl halides is 3. The first kappa shape index (κ1) is 35.9. The Kier molecular flexibility index (Phi) is 11.0. The standard InChI is InChI=1S/C40H40F3NO7/c1-3-32-35-21-27(37(45)44-28-10-14-30(15-11-28)51-40(41,42)43)9-17-33(35)34-18-16-31(22-36(32)34)50-38(46)26-7-12-29(13-8-26)49-20-6-5-19-47-23-39(4-2)24-48-25-39/h7-18,21-22,32H,3-6,19-20,23-25H2,1-2H3,(H,44,45). The molecule has 1 unspecified atom stereocenters. The Morgan fingerprint density at radius 1 is 0.804 bits per heavy atom. The van der Waals surface area contributed by atoms with E-state index >= 15 is 0 Å². The molecule has 0 spiro atoms. The topological polar surface area (TPSA) is 92.3 Å². The summed E-state index contributed by atoms with van der Waals surface area (Å²) in [4.78, 5) is 26.1. The molecule has 1 amide bonds. The zero-order valence-corrected chi connectivity index (χ0v) is 28.5. The third-order valence-corrected chi connectivity index (χ3v) is 9.36. The van der Waals surface area contributed by atoms with E-state index in [1.807, 2.05) is 31.2 Å². The van der Waals surface area contributed by atoms with Gasteiger partial charge in [0.05, 0.1) is 32.0 Å². The van der Waals surface area contributed by atoms with Gasteiger partial charge in [-0.05, 0) is 121 Å². The molecule has 268 valence electrons. The summed E-state index contributed by atoms with van der Waals surface area (Å²) in [6, 6.07) is 22.8. The maximum absolute atomic E-state index is 13.1. The molecule has 1 heterocycles. The van der Waals surface area contributed by atoms with Gasteiger partial charge < -0.3 is 29.0 Å². The number of rotatable bonds is 15. The number of carbonyl (C=O) groups is 2. The maximum atomic E-state index is 13.1. The van der Waals surface area contributed by atoms with Gasteiger partial charge in [0.15, 0.2) is 0 Å². The number of hydrogen-bond acceptors (Lipinski definition) is 7. The van der Waals surface area contributed by atoms with E-state index in [0.29, 0.717) is 41.5 Å². The van der Waals surface area contributed by atoms with Crippen molar-refractivity contribution in [2.75, 3.05) is 38.4 Å². The predicted molar refractivity (Wildman–Crippen MR) is 186 cm³/mol. The summed E-state index contributed by atoms with van der Waals surface area (Å²) in [6.45, 7) is 7.75. The van der Waals surface area contributed by atoms with Crippen molar-refractivity contribution in [3.8, 4) is 28.4 Å². The van der Waals surface area contributed by atoms with Crippen molar-refractivity contribution in [1.82, 2.24) is 0 Å². The van der Waals surface area contributed by atoms with Gasteiger partial charge in [0, 0.05) is 29.2 Å². The molecule has 4 aromatic rings. The molecule has 1 aliphatic heterocycles. The lowest BCUT2D eigenvalue weighted by molar-refractivity contribution is -0.274. The van der Waals surface area contributed by atoms with Crippen molar-refractivity contribution >= 4 is 17.6 Å². The van der Waals surface area contributed by atoms with E-state index in [1.165, 1.54) is 12.1 Å². The van der Waals surface area contributed by atoms with E-state index in [9.17, 15) is 22.8 Å². The molecule has 0 saturated carbocycles. The van der Waals surface area contributed by atoms with E-state index < -0.39 is 18.2 Å². The molecular weight excluding hydrogens is 663 g/mol. The fourth-order valence-corrected chi connectivity index (χ4v) is 6.34. The number of benzene rings is 4. The van der Waals surface area contributed by atoms with Gasteiger partial charge in [0.25, 0.3) is 5.91 Å². The largest absolute Gasteiger partial charge is 0.573 e. The van der Waals surface area contributed by atoms with E-state index in [-0.39, 0.29) is 17.1 Å². The smallest absolute Gasteiger partial charge is 0.494 e. The number of esters is 1. The fraction of sp³-hybridized carbons (Fsp3) is 0.350. The van der Waals surface area contributed by atoms with Gasteiger partial charge in [-0.2, -0.15) is 0 Å². The summed E-state index contributed by atoms with van der Waals surface area (Å²) in [5.41, 5.74) is 5.27. The second kappa shape index (κ2) is 15.6. The summed E-state index contributed by atoms with van der Waals surface area (Å²) >= 11 is 0. The molecule has 0 aromatic heterocycles. The van der Waals surface area contributed by atoms with E-state index in [2.05, 4.69) is 17.0 Å². The number of carbonyl (C=O) groups excluding carboxylic acids is 2. The molecular formula is C40H40F3NO7. The molecule has 1 fully saturated rings. The monoisotopic (exact) mass is 703 g/mol. The van der Waals surface area contributed by atoms with Crippen molar-refractivity contribution in [2.45, 2.75) is 51.8 Å². The minimum absolute atomic E-state index is 0.0338. The Morgan fingerprint density at radius 2 is 1.43 bits per heavy atom. The van der Waals surface area contributed by atoms with Gasteiger partial charge in [0.1, 0.15) is 17.2 Å². The first-order valence-corrected chi connectivity index (χ1v) is 17.1. The molecule has 6 rings (SSSR count). The van der Waals surface area contributed by atoms with Crippen LogP contribution in [0.25, 0.3) is 11.1 Å². The molecule has 1 aliphatic carbocycles. The number of amides is 1. The zero-order valence-electron chi connectivity index (χ0n) is 28.5. The van der Waals surface area contributed by atoms with Crippen LogP contribution >= 0.6 is 0 Å². The number of fused-ring (bicyclic) bond motifs is 3. The minimum Gasteiger partial charge on any atom is -0.494 e. The summed E-state index contributed by atoms with van der Waals surface area (Å²) in [5.74, 6) is -0.206. The van der Waals surface area contributed by atoms with Gasteiger partial charge in [-0.15, -0.1) is 13.2 Å². The number of halogens is 3. The summed E-state index contributed by atoms with van der Waals surface area (Å²) in [5, 5.41) is 2.72. The number of nitrogens with one attached hydrogen (secondary N) is 1. The highest BCUT2D eigenvalue weighted by Gasteiger charge is 2.37. The van der Waals surface area contributed by atoms with Crippen LogP contribution in [0, 0.1) is 5.41 Å². The van der Waals surface area contributed by atoms with Crippen molar-refractivity contribution in [3.63, 3.8) is 0 Å². The number of anilines is 1. The molecule has 4 aromatic carbocycles. The second-order valence-electron chi connectivity index (χ2n) is 12.9. The molecule has 1 atom stereocenters. The number of unbranched alkanes of at least 4 members (excludes halogenated alkanes) is 1. The quantitative estimate of drug-likeness (QED) is 0.0750. The zero-order chi connectivity index (χ0) is 36.0. The molecule has 0 radical (unpaired) electrons. The lowest BCUT2D eigenvalue weighted by atomic mass is 9.84. The first-order valence-electron chi connectivity index (χ1n) is 17.1. The molecule has 51 heavy (non-hydrogen) atoms. The SMILES string of the molecule is CCC1c2cc(OC(=O)c3ccc(OCCCCOCC4(CC)COC4)cc3)ccc2-c2ccc(C(=O)Nc3ccc(OC(F)(F)F)cc3)cc21. The van der Waals surface area contributed by atoms with Gasteiger partial charge in [-0.25, -0.2) is 4.79 Å². The Morgan fingerprint density at radius 3 is 2.08 bits per heavy atom. The van der Waals surface area contributed by atoms with Gasteiger partial charge in [0.2, 0.25) is 0 Å². The van der Waals surface area contributed by atoms with Crippen molar-refractivity contribution < 1.29 is 46.4 Å². The maximum Gasteiger partial charge on any atom is 0.573 e. The molecule has 11 heteroatoms. The number of ether oxygens (including phenoxy) is 5. The van der Waals surface area contributed by atoms with Crippen LogP contribution in [0.1, 0.15) is 77.3 Å². The summed E-state index contributed by atoms with van der Waals surface area (Å²) in [6.07, 6.45) is -1.24. The van der Waals surface area contributed by atoms with Crippen molar-refractivity contribution in [2.24, 2.45) is 5.41 Å². The average molecular weight is 704 g/mol. The highest BCUT2D eigenvalue weighted by molar-refractivity contribution is 6.05. The van der Waals surface area contributed by atoms with Crippen LogP contribution in [0.4, 0.5) is 18.9 Å². The van der Waals surface area contributed by atoms with Crippen LogP contribution in [0.15, 0.2) is 84.9 Å². The fourth-order valence-electron chi connectivity index (χ4n) is 6.34. The summed E-state index contributed by atoms with van der Waals surface area (Å²) < 4.78 is 64.1. The molecule has 0 bridgehead atoms. The van der Waals surface area contributed by atoms with E-state index in [4.69, 9.17) is 18.9 Å². The van der Waals surface area contributed by atoms with Crippen LogP contribution in [-0.4, -0.2) is 51.3 Å². The van der Waals surface area contributed by atoms with Crippen LogP contribution in [0.3, 0.4) is 0 Å². The van der Waals surface area contributed by atoms with Crippen LogP contribution in [0.5, 0.6) is 17.2 Å². The van der Waals surface area contributed by atoms with Crippen molar-refractivity contribution in [3.05, 3.63) is 107 Å². The predicted octanol–water partition coefficient (Wildman–Crippen LogP) is 9.18. The van der Waals surface area contributed by atoms with Gasteiger partial charge >= 0.3 is 12.3 Å². The highest BCUT2D eigenvalue weighted by Crippen LogP contribution is 2.48. The van der Waals surface area contributed by atoms with Gasteiger partial charge in [-0.3, -0.25) is 4.79 Å². The average Bonchev–Trinajstić information content (AvgIpc) is 3.41. The van der Waals surface area contributed by atoms with Crippen LogP contribution in [-0.2, 0) is 9.47 Å². The first-order chi connectivity index (χ1) is 24.6.